The molecule has 3 saturated carbocycles. The summed E-state index contributed by atoms with van der Waals surface area (Å²) < 4.78 is 0. The third-order valence-electron chi connectivity index (χ3n) is 10.5. The summed E-state index contributed by atoms with van der Waals surface area (Å²) >= 11 is 0. The molecule has 0 radical (unpaired) electrons. The number of allylic oxidation sites excluding steroid dienone is 1. The molecule has 0 bridgehead atoms. The normalized spacial score (nSPS) is 55.8. The molecule has 1 spiro atoms. The lowest BCUT2D eigenvalue weighted by atomic mass is 9.41. The average Bonchev–Trinajstić information content (AvgIpc) is 3.12. The van der Waals surface area contributed by atoms with Gasteiger partial charge in [-0.1, -0.05) is 25.5 Å². The summed E-state index contributed by atoms with van der Waals surface area (Å²) in [6.45, 7) is 9.14. The Kier molecular flexibility index (Phi) is 3.82. The van der Waals surface area contributed by atoms with E-state index in [1.54, 1.807) is 0 Å². The first-order valence-electron chi connectivity index (χ1n) is 11.4. The van der Waals surface area contributed by atoms with Gasteiger partial charge in [-0.3, -0.25) is 0 Å². The molecule has 2 nitrogen and oxygen atoms in total. The molecule has 5 rings (SSSR count). The van der Waals surface area contributed by atoms with Gasteiger partial charge >= 0.3 is 0 Å². The minimum atomic E-state index is 0.483. The largest absolute Gasteiger partial charge is 0.313 e. The first kappa shape index (κ1) is 17.7. The summed E-state index contributed by atoms with van der Waals surface area (Å²) in [6.07, 6.45) is 14.2. The number of hydrogen-bond donors (Lipinski definition) is 1. The Morgan fingerprint density at radius 2 is 1.85 bits per heavy atom. The van der Waals surface area contributed by atoms with Crippen molar-refractivity contribution in [3.05, 3.63) is 11.6 Å². The third-order valence-corrected chi connectivity index (χ3v) is 10.5. The van der Waals surface area contributed by atoms with Crippen LogP contribution in [-0.4, -0.2) is 37.6 Å². The van der Waals surface area contributed by atoms with E-state index in [4.69, 9.17) is 0 Å². The van der Waals surface area contributed by atoms with Crippen LogP contribution >= 0.6 is 0 Å². The van der Waals surface area contributed by atoms with E-state index in [1.807, 2.05) is 5.57 Å². The number of hydrogen-bond acceptors (Lipinski definition) is 2. The molecule has 0 aromatic heterocycles. The molecule has 0 aromatic rings. The second-order valence-electron chi connectivity index (χ2n) is 11.4. The van der Waals surface area contributed by atoms with E-state index in [-0.39, 0.29) is 0 Å². The van der Waals surface area contributed by atoms with Crippen molar-refractivity contribution in [2.75, 3.05) is 20.6 Å². The minimum Gasteiger partial charge on any atom is -0.313 e. The van der Waals surface area contributed by atoms with Crippen molar-refractivity contribution in [3.8, 4) is 0 Å². The predicted molar refractivity (Wildman–Crippen MR) is 109 cm³/mol. The van der Waals surface area contributed by atoms with Crippen molar-refractivity contribution in [3.63, 3.8) is 0 Å². The maximum absolute atomic E-state index is 3.89. The van der Waals surface area contributed by atoms with Crippen molar-refractivity contribution >= 4 is 0 Å². The van der Waals surface area contributed by atoms with E-state index in [0.717, 1.165) is 29.8 Å². The average molecular weight is 357 g/mol. The van der Waals surface area contributed by atoms with Gasteiger partial charge in [-0.05, 0) is 106 Å². The molecule has 8 unspecified atom stereocenters. The quantitative estimate of drug-likeness (QED) is 0.675. The van der Waals surface area contributed by atoms with Crippen LogP contribution < -0.4 is 5.32 Å². The molecule has 1 saturated heterocycles. The molecule has 146 valence electrons. The van der Waals surface area contributed by atoms with E-state index in [1.165, 1.54) is 57.9 Å². The van der Waals surface area contributed by atoms with Crippen LogP contribution in [0.15, 0.2) is 11.6 Å². The van der Waals surface area contributed by atoms with Gasteiger partial charge in [0.15, 0.2) is 0 Å². The smallest absolute Gasteiger partial charge is 0.0127 e. The number of fused-ring (bicyclic) bond motifs is 4. The lowest BCUT2D eigenvalue weighted by Crippen LogP contribution is -2.57. The third kappa shape index (κ3) is 2.07. The zero-order chi connectivity index (χ0) is 18.3. The highest BCUT2D eigenvalue weighted by atomic mass is 15.1. The van der Waals surface area contributed by atoms with E-state index < -0.39 is 0 Å². The van der Waals surface area contributed by atoms with Gasteiger partial charge in [0, 0.05) is 18.6 Å². The maximum Gasteiger partial charge on any atom is 0.0127 e. The molecule has 0 aromatic carbocycles. The van der Waals surface area contributed by atoms with Gasteiger partial charge in [-0.2, -0.15) is 0 Å². The van der Waals surface area contributed by atoms with Crippen LogP contribution in [0, 0.1) is 34.0 Å². The van der Waals surface area contributed by atoms with Crippen LogP contribution in [0.25, 0.3) is 0 Å². The van der Waals surface area contributed by atoms with Crippen LogP contribution in [-0.2, 0) is 0 Å². The Bertz CT molecular complexity index is 624. The van der Waals surface area contributed by atoms with Crippen molar-refractivity contribution in [1.82, 2.24) is 10.2 Å². The first-order valence-corrected chi connectivity index (χ1v) is 11.4. The van der Waals surface area contributed by atoms with Crippen LogP contribution in [0.1, 0.15) is 72.1 Å². The van der Waals surface area contributed by atoms with Crippen LogP contribution in [0.2, 0.25) is 0 Å². The van der Waals surface area contributed by atoms with Crippen molar-refractivity contribution in [1.29, 1.82) is 0 Å². The minimum absolute atomic E-state index is 0.483. The molecule has 0 amide bonds. The molecule has 1 heterocycles. The zero-order valence-corrected chi connectivity index (χ0v) is 17.8. The first-order chi connectivity index (χ1) is 12.3. The standard InChI is InChI=1S/C24H40N2/c1-16-19-6-7-21-23(3)11-8-17-14-18(26(4)5)9-12-22(17,2)20(23)10-13-24(19,21)15-25-16/h8,16,18-21,25H,6-7,9-15H2,1-5H3. The van der Waals surface area contributed by atoms with Crippen LogP contribution in [0.5, 0.6) is 0 Å². The number of nitrogens with zero attached hydrogens (tertiary/aromatic N) is 1. The predicted octanol–water partition coefficient (Wildman–Crippen LogP) is 4.86. The second-order valence-corrected chi connectivity index (χ2v) is 11.4. The summed E-state index contributed by atoms with van der Waals surface area (Å²) in [4.78, 5) is 2.47. The Morgan fingerprint density at radius 3 is 2.62 bits per heavy atom. The maximum atomic E-state index is 3.89. The van der Waals surface area contributed by atoms with Gasteiger partial charge < -0.3 is 10.2 Å². The molecular weight excluding hydrogens is 316 g/mol. The van der Waals surface area contributed by atoms with Gasteiger partial charge in [0.2, 0.25) is 0 Å². The van der Waals surface area contributed by atoms with Crippen molar-refractivity contribution < 1.29 is 0 Å². The number of rotatable bonds is 1. The summed E-state index contributed by atoms with van der Waals surface area (Å²) in [6, 6.07) is 1.52. The van der Waals surface area contributed by atoms with Crippen molar-refractivity contribution in [2.24, 2.45) is 34.0 Å². The fraction of sp³-hybridized carbons (Fsp3) is 0.917. The summed E-state index contributed by atoms with van der Waals surface area (Å²) in [5.41, 5.74) is 3.49. The van der Waals surface area contributed by atoms with E-state index in [0.29, 0.717) is 16.2 Å². The van der Waals surface area contributed by atoms with E-state index in [9.17, 15) is 0 Å². The molecule has 4 fully saturated rings. The highest BCUT2D eigenvalue weighted by molar-refractivity contribution is 5.29. The fourth-order valence-electron chi connectivity index (χ4n) is 9.14. The Labute approximate surface area is 161 Å². The van der Waals surface area contributed by atoms with Gasteiger partial charge in [0.1, 0.15) is 0 Å². The molecule has 26 heavy (non-hydrogen) atoms. The zero-order valence-electron chi connectivity index (χ0n) is 17.8. The second kappa shape index (κ2) is 5.60. The Hall–Kier alpha value is -0.340. The van der Waals surface area contributed by atoms with Crippen LogP contribution in [0.3, 0.4) is 0 Å². The fourth-order valence-corrected chi connectivity index (χ4v) is 9.14. The molecule has 8 atom stereocenters. The Morgan fingerprint density at radius 1 is 1.04 bits per heavy atom. The summed E-state index contributed by atoms with van der Waals surface area (Å²) in [5.74, 6) is 2.83. The molecule has 1 N–H and O–H groups in total. The lowest BCUT2D eigenvalue weighted by molar-refractivity contribution is -0.103. The van der Waals surface area contributed by atoms with Gasteiger partial charge in [0.25, 0.3) is 0 Å². The van der Waals surface area contributed by atoms with Gasteiger partial charge in [-0.25, -0.2) is 0 Å². The van der Waals surface area contributed by atoms with Crippen molar-refractivity contribution in [2.45, 2.75) is 84.2 Å². The van der Waals surface area contributed by atoms with E-state index in [2.05, 4.69) is 51.2 Å². The molecular formula is C24H40N2. The van der Waals surface area contributed by atoms with Gasteiger partial charge in [-0.15, -0.1) is 0 Å². The molecule has 5 aliphatic rings. The highest BCUT2D eigenvalue weighted by Gasteiger charge is 2.66. The molecule has 2 heteroatoms. The van der Waals surface area contributed by atoms with E-state index >= 15 is 0 Å². The molecule has 4 aliphatic carbocycles. The van der Waals surface area contributed by atoms with Gasteiger partial charge in [0.05, 0.1) is 0 Å². The number of nitrogens with one attached hydrogen (secondary N) is 1. The summed E-state index contributed by atoms with van der Waals surface area (Å²) in [5, 5.41) is 3.89. The lowest BCUT2D eigenvalue weighted by Gasteiger charge is -2.63. The Balaban J connectivity index is 1.50. The summed E-state index contributed by atoms with van der Waals surface area (Å²) in [7, 11) is 4.55. The molecule has 1 aliphatic heterocycles. The monoisotopic (exact) mass is 356 g/mol. The highest BCUT2D eigenvalue weighted by Crippen LogP contribution is 2.72. The van der Waals surface area contributed by atoms with Crippen LogP contribution in [0.4, 0.5) is 0 Å². The topological polar surface area (TPSA) is 15.3 Å². The SMILES string of the molecule is CC1NCC23CCC4C5(C)CCC(N(C)C)CC5=CCC4(C)C2CCC13.